The molecular formula is C19H21NO3. The molecule has 0 aliphatic rings. The Morgan fingerprint density at radius 3 is 2.61 bits per heavy atom. The van der Waals surface area contributed by atoms with Crippen molar-refractivity contribution >= 4 is 17.9 Å². The number of carbonyl (C=O) groups excluding carboxylic acids is 2. The van der Waals surface area contributed by atoms with Crippen LogP contribution in [0.2, 0.25) is 0 Å². The highest BCUT2D eigenvalue weighted by Crippen LogP contribution is 2.27. The van der Waals surface area contributed by atoms with Crippen molar-refractivity contribution in [3.05, 3.63) is 59.2 Å². The fourth-order valence-corrected chi connectivity index (χ4v) is 2.37. The van der Waals surface area contributed by atoms with Gasteiger partial charge in [0.25, 0.3) is 5.91 Å². The summed E-state index contributed by atoms with van der Waals surface area (Å²) in [5.41, 5.74) is 3.36. The van der Waals surface area contributed by atoms with Gasteiger partial charge in [0.15, 0.2) is 12.9 Å². The average Bonchev–Trinajstić information content (AvgIpc) is 2.54. The van der Waals surface area contributed by atoms with Gasteiger partial charge in [0.2, 0.25) is 0 Å². The number of hydrogen-bond acceptors (Lipinski definition) is 3. The Hall–Kier alpha value is -2.62. The second-order valence-electron chi connectivity index (χ2n) is 5.69. The Kier molecular flexibility index (Phi) is 5.52. The third-order valence-electron chi connectivity index (χ3n) is 3.60. The summed E-state index contributed by atoms with van der Waals surface area (Å²) in [4.78, 5) is 23.1. The topological polar surface area (TPSA) is 55.4 Å². The second-order valence-corrected chi connectivity index (χ2v) is 5.69. The summed E-state index contributed by atoms with van der Waals surface area (Å²) in [7, 11) is 0. The molecule has 1 amide bonds. The van der Waals surface area contributed by atoms with Crippen LogP contribution in [0.4, 0.5) is 5.69 Å². The molecule has 4 heteroatoms. The fourth-order valence-electron chi connectivity index (χ4n) is 2.37. The smallest absolute Gasteiger partial charge is 0.262 e. The molecule has 120 valence electrons. The molecule has 0 bridgehead atoms. The van der Waals surface area contributed by atoms with Gasteiger partial charge in [0.05, 0.1) is 5.56 Å². The highest BCUT2D eigenvalue weighted by atomic mass is 16.5. The molecule has 4 nitrogen and oxygen atoms in total. The number of ether oxygens (including phenoxy) is 1. The molecule has 0 spiro atoms. The summed E-state index contributed by atoms with van der Waals surface area (Å²) < 4.78 is 5.46. The maximum atomic E-state index is 12.2. The summed E-state index contributed by atoms with van der Waals surface area (Å²) in [5.74, 6) is 0.468. The Morgan fingerprint density at radius 2 is 1.91 bits per heavy atom. The fraction of sp³-hybridized carbons (Fsp3) is 0.263. The Labute approximate surface area is 136 Å². The molecule has 0 aliphatic carbocycles. The minimum atomic E-state index is -0.248. The van der Waals surface area contributed by atoms with Crippen LogP contribution in [0.25, 0.3) is 0 Å². The number of carbonyl (C=O) groups is 2. The van der Waals surface area contributed by atoms with Crippen LogP contribution < -0.4 is 10.1 Å². The van der Waals surface area contributed by atoms with Crippen LogP contribution in [0.3, 0.4) is 0 Å². The molecular weight excluding hydrogens is 290 g/mol. The zero-order valence-electron chi connectivity index (χ0n) is 13.6. The Morgan fingerprint density at radius 1 is 1.17 bits per heavy atom. The lowest BCUT2D eigenvalue weighted by Crippen LogP contribution is -2.22. The molecule has 0 heterocycles. The molecule has 23 heavy (non-hydrogen) atoms. The number of aryl methyl sites for hydroxylation is 1. The zero-order chi connectivity index (χ0) is 16.8. The van der Waals surface area contributed by atoms with Crippen molar-refractivity contribution in [1.82, 2.24) is 0 Å². The van der Waals surface area contributed by atoms with Gasteiger partial charge in [-0.15, -0.1) is 0 Å². The third-order valence-corrected chi connectivity index (χ3v) is 3.60. The monoisotopic (exact) mass is 311 g/mol. The van der Waals surface area contributed by atoms with Gasteiger partial charge < -0.3 is 10.1 Å². The summed E-state index contributed by atoms with van der Waals surface area (Å²) in [6.07, 6.45) is 0.714. The molecule has 0 aliphatic heterocycles. The van der Waals surface area contributed by atoms with E-state index in [1.165, 1.54) is 0 Å². The van der Waals surface area contributed by atoms with E-state index in [4.69, 9.17) is 4.74 Å². The van der Waals surface area contributed by atoms with Crippen molar-refractivity contribution in [2.45, 2.75) is 26.7 Å². The molecule has 2 aromatic rings. The Bertz CT molecular complexity index is 708. The molecule has 2 aromatic carbocycles. The number of hydrogen-bond donors (Lipinski definition) is 1. The first-order chi connectivity index (χ1) is 11.0. The van der Waals surface area contributed by atoms with Crippen LogP contribution in [0.5, 0.6) is 5.75 Å². The number of para-hydroxylation sites is 2. The number of benzene rings is 2. The van der Waals surface area contributed by atoms with Crippen LogP contribution in [-0.4, -0.2) is 18.8 Å². The predicted octanol–water partition coefficient (Wildman–Crippen LogP) is 3.95. The van der Waals surface area contributed by atoms with Gasteiger partial charge in [0.1, 0.15) is 5.75 Å². The van der Waals surface area contributed by atoms with Crippen LogP contribution in [0.1, 0.15) is 41.3 Å². The highest BCUT2D eigenvalue weighted by molar-refractivity contribution is 5.93. The molecule has 0 unspecified atom stereocenters. The first-order valence-corrected chi connectivity index (χ1v) is 7.59. The van der Waals surface area contributed by atoms with E-state index in [0.717, 1.165) is 16.8 Å². The van der Waals surface area contributed by atoms with Crippen LogP contribution in [0.15, 0.2) is 42.5 Å². The van der Waals surface area contributed by atoms with E-state index in [1.54, 1.807) is 24.3 Å². The summed E-state index contributed by atoms with van der Waals surface area (Å²) in [6.45, 7) is 5.99. The lowest BCUT2D eigenvalue weighted by molar-refractivity contribution is -0.118. The van der Waals surface area contributed by atoms with Gasteiger partial charge in [0, 0.05) is 5.69 Å². The van der Waals surface area contributed by atoms with Gasteiger partial charge in [-0.25, -0.2) is 0 Å². The van der Waals surface area contributed by atoms with E-state index < -0.39 is 0 Å². The quantitative estimate of drug-likeness (QED) is 0.822. The van der Waals surface area contributed by atoms with Crippen LogP contribution in [0, 0.1) is 6.92 Å². The standard InChI is InChI=1S/C19H21NO3/c1-13(2)16-9-6-7-14(3)19(16)20-18(22)12-23-17-10-5-4-8-15(17)11-21/h4-11,13H,12H2,1-3H3,(H,20,22). The lowest BCUT2D eigenvalue weighted by Gasteiger charge is -2.16. The second kappa shape index (κ2) is 7.58. The number of anilines is 1. The van der Waals surface area contributed by atoms with Gasteiger partial charge in [-0.05, 0) is 36.1 Å². The van der Waals surface area contributed by atoms with Crippen molar-refractivity contribution in [3.8, 4) is 5.75 Å². The summed E-state index contributed by atoms with van der Waals surface area (Å²) >= 11 is 0. The zero-order valence-corrected chi connectivity index (χ0v) is 13.6. The van der Waals surface area contributed by atoms with E-state index in [2.05, 4.69) is 19.2 Å². The SMILES string of the molecule is Cc1cccc(C(C)C)c1NC(=O)COc1ccccc1C=O. The van der Waals surface area contributed by atoms with E-state index in [0.29, 0.717) is 23.5 Å². The normalized spacial score (nSPS) is 10.4. The lowest BCUT2D eigenvalue weighted by atomic mass is 9.98. The largest absolute Gasteiger partial charge is 0.483 e. The van der Waals surface area contributed by atoms with E-state index in [9.17, 15) is 9.59 Å². The highest BCUT2D eigenvalue weighted by Gasteiger charge is 2.13. The first kappa shape index (κ1) is 16.7. The molecule has 2 rings (SSSR count). The molecule has 1 N–H and O–H groups in total. The van der Waals surface area contributed by atoms with Gasteiger partial charge >= 0.3 is 0 Å². The third kappa shape index (κ3) is 4.19. The summed E-state index contributed by atoms with van der Waals surface area (Å²) in [5, 5.41) is 2.92. The summed E-state index contributed by atoms with van der Waals surface area (Å²) in [6, 6.07) is 12.8. The maximum Gasteiger partial charge on any atom is 0.262 e. The minimum absolute atomic E-state index is 0.142. The van der Waals surface area contributed by atoms with Crippen molar-refractivity contribution in [2.24, 2.45) is 0 Å². The van der Waals surface area contributed by atoms with E-state index in [-0.39, 0.29) is 12.5 Å². The maximum absolute atomic E-state index is 12.2. The van der Waals surface area contributed by atoms with E-state index >= 15 is 0 Å². The van der Waals surface area contributed by atoms with Gasteiger partial charge in [-0.2, -0.15) is 0 Å². The average molecular weight is 311 g/mol. The van der Waals surface area contributed by atoms with Crippen molar-refractivity contribution < 1.29 is 14.3 Å². The number of rotatable bonds is 6. The number of amides is 1. The minimum Gasteiger partial charge on any atom is -0.483 e. The molecule has 0 aromatic heterocycles. The van der Waals surface area contributed by atoms with Crippen LogP contribution in [-0.2, 0) is 4.79 Å². The molecule has 0 saturated carbocycles. The van der Waals surface area contributed by atoms with Gasteiger partial charge in [-0.1, -0.05) is 44.2 Å². The number of aldehydes is 1. The molecule has 0 radical (unpaired) electrons. The molecule has 0 atom stereocenters. The predicted molar refractivity (Wildman–Crippen MR) is 91.2 cm³/mol. The first-order valence-electron chi connectivity index (χ1n) is 7.59. The Balaban J connectivity index is 2.07. The van der Waals surface area contributed by atoms with Crippen molar-refractivity contribution in [1.29, 1.82) is 0 Å². The van der Waals surface area contributed by atoms with Crippen molar-refractivity contribution in [3.63, 3.8) is 0 Å². The van der Waals surface area contributed by atoms with Crippen LogP contribution >= 0.6 is 0 Å². The van der Waals surface area contributed by atoms with E-state index in [1.807, 2.05) is 25.1 Å². The van der Waals surface area contributed by atoms with Gasteiger partial charge in [-0.3, -0.25) is 9.59 Å². The molecule has 0 saturated heterocycles. The van der Waals surface area contributed by atoms with Crippen molar-refractivity contribution in [2.75, 3.05) is 11.9 Å². The molecule has 0 fully saturated rings. The number of nitrogens with one attached hydrogen (secondary N) is 1.